The fourth-order valence-electron chi connectivity index (χ4n) is 1.66. The van der Waals surface area contributed by atoms with Crippen molar-refractivity contribution in [3.05, 3.63) is 23.3 Å². The molecule has 1 aliphatic rings. The molecule has 1 aromatic rings. The quantitative estimate of drug-likeness (QED) is 0.541. The zero-order chi connectivity index (χ0) is 11.2. The number of ketones is 1. The van der Waals surface area contributed by atoms with E-state index in [0.717, 1.165) is 5.56 Å². The maximum absolute atomic E-state index is 11.3. The average molecular weight is 205 g/mol. The van der Waals surface area contributed by atoms with Gasteiger partial charge in [0.1, 0.15) is 5.75 Å². The van der Waals surface area contributed by atoms with Gasteiger partial charge in [0.05, 0.1) is 11.3 Å². The Kier molecular flexibility index (Phi) is 2.00. The lowest BCUT2D eigenvalue weighted by atomic mass is 9.99. The maximum atomic E-state index is 11.3. The molecule has 0 saturated carbocycles. The van der Waals surface area contributed by atoms with Gasteiger partial charge in [0.2, 0.25) is 0 Å². The molecule has 1 aliphatic heterocycles. The fraction of sp³-hybridized carbons (Fsp3) is 0.273. The highest BCUT2D eigenvalue weighted by molar-refractivity contribution is 6.51. The first-order valence-electron chi connectivity index (χ1n) is 4.73. The van der Waals surface area contributed by atoms with Gasteiger partial charge in [-0.25, -0.2) is 0 Å². The van der Waals surface area contributed by atoms with E-state index in [0.29, 0.717) is 5.69 Å². The molecule has 78 valence electrons. The summed E-state index contributed by atoms with van der Waals surface area (Å²) >= 11 is 0. The third kappa shape index (κ3) is 1.38. The number of phenolic OH excluding ortho intramolecular Hbond substituents is 1. The molecule has 1 amide bonds. The molecule has 0 aliphatic carbocycles. The minimum Gasteiger partial charge on any atom is -0.508 e. The lowest BCUT2D eigenvalue weighted by Crippen LogP contribution is -2.12. The number of aromatic hydroxyl groups is 1. The second-order valence-electron chi connectivity index (χ2n) is 3.89. The summed E-state index contributed by atoms with van der Waals surface area (Å²) in [6, 6.07) is 3.00. The van der Waals surface area contributed by atoms with Crippen molar-refractivity contribution in [3.63, 3.8) is 0 Å². The number of nitrogens with one attached hydrogen (secondary N) is 1. The van der Waals surface area contributed by atoms with Crippen molar-refractivity contribution in [2.75, 3.05) is 5.32 Å². The van der Waals surface area contributed by atoms with Gasteiger partial charge in [-0.05, 0) is 23.6 Å². The molecule has 4 heteroatoms. The third-order valence-corrected chi connectivity index (χ3v) is 2.49. The van der Waals surface area contributed by atoms with Gasteiger partial charge >= 0.3 is 0 Å². The minimum atomic E-state index is -0.634. The highest BCUT2D eigenvalue weighted by atomic mass is 16.3. The Morgan fingerprint density at radius 2 is 1.93 bits per heavy atom. The van der Waals surface area contributed by atoms with Crippen LogP contribution in [0.3, 0.4) is 0 Å². The monoisotopic (exact) mass is 205 g/mol. The van der Waals surface area contributed by atoms with Crippen LogP contribution in [0, 0.1) is 0 Å². The van der Waals surface area contributed by atoms with Crippen LogP contribution in [0.25, 0.3) is 0 Å². The van der Waals surface area contributed by atoms with Crippen molar-refractivity contribution in [1.82, 2.24) is 0 Å². The van der Waals surface area contributed by atoms with E-state index in [1.807, 2.05) is 13.8 Å². The minimum absolute atomic E-state index is 0.0635. The highest BCUT2D eigenvalue weighted by Gasteiger charge is 2.29. The molecule has 0 atom stereocenters. The van der Waals surface area contributed by atoms with Gasteiger partial charge in [0.15, 0.2) is 0 Å². The summed E-state index contributed by atoms with van der Waals surface area (Å²) in [5.41, 5.74) is 1.47. The van der Waals surface area contributed by atoms with Crippen LogP contribution < -0.4 is 5.32 Å². The van der Waals surface area contributed by atoms with Gasteiger partial charge < -0.3 is 10.4 Å². The summed E-state index contributed by atoms with van der Waals surface area (Å²) in [7, 11) is 0. The van der Waals surface area contributed by atoms with E-state index in [9.17, 15) is 14.7 Å². The van der Waals surface area contributed by atoms with Crippen LogP contribution in [-0.4, -0.2) is 16.8 Å². The zero-order valence-electron chi connectivity index (χ0n) is 8.50. The average Bonchev–Trinajstić information content (AvgIpc) is 2.43. The Bertz CT molecular complexity index is 463. The van der Waals surface area contributed by atoms with Crippen molar-refractivity contribution >= 4 is 17.4 Å². The Labute approximate surface area is 86.9 Å². The van der Waals surface area contributed by atoms with Gasteiger partial charge in [-0.1, -0.05) is 13.8 Å². The van der Waals surface area contributed by atoms with Crippen LogP contribution in [0.5, 0.6) is 5.75 Å². The smallest absolute Gasteiger partial charge is 0.296 e. The van der Waals surface area contributed by atoms with Crippen molar-refractivity contribution in [3.8, 4) is 5.75 Å². The van der Waals surface area contributed by atoms with E-state index in [2.05, 4.69) is 5.32 Å². The molecule has 2 rings (SSSR count). The fourth-order valence-corrected chi connectivity index (χ4v) is 1.66. The Balaban J connectivity index is 2.59. The molecule has 4 nitrogen and oxygen atoms in total. The predicted octanol–water partition coefficient (Wildman–Crippen LogP) is 1.65. The molecule has 0 spiro atoms. The molecular formula is C11H11NO3. The van der Waals surface area contributed by atoms with Crippen LogP contribution in [0.4, 0.5) is 5.69 Å². The van der Waals surface area contributed by atoms with Gasteiger partial charge in [-0.15, -0.1) is 0 Å². The van der Waals surface area contributed by atoms with Gasteiger partial charge in [-0.3, -0.25) is 9.59 Å². The van der Waals surface area contributed by atoms with Crippen molar-refractivity contribution < 1.29 is 14.7 Å². The molecule has 0 aromatic heterocycles. The zero-order valence-corrected chi connectivity index (χ0v) is 8.50. The molecule has 1 aromatic carbocycles. The summed E-state index contributed by atoms with van der Waals surface area (Å²) < 4.78 is 0. The molecule has 0 fully saturated rings. The van der Waals surface area contributed by atoms with E-state index >= 15 is 0 Å². The number of Topliss-reactive ketones (excluding diaryl/α,β-unsaturated/α-hetero) is 1. The molecular weight excluding hydrogens is 194 g/mol. The largest absolute Gasteiger partial charge is 0.508 e. The first kappa shape index (κ1) is 9.71. The number of carbonyl (C=O) groups excluding carboxylic acids is 2. The molecule has 15 heavy (non-hydrogen) atoms. The number of phenols is 1. The number of carbonyl (C=O) groups is 2. The maximum Gasteiger partial charge on any atom is 0.296 e. The van der Waals surface area contributed by atoms with Crippen molar-refractivity contribution in [2.45, 2.75) is 19.8 Å². The summed E-state index contributed by atoms with van der Waals surface area (Å²) in [6.45, 7) is 3.86. The SMILES string of the molecule is CC(C)c1cc2c(cc1O)C(=O)C(=O)N2. The number of amides is 1. The molecule has 0 bridgehead atoms. The topological polar surface area (TPSA) is 66.4 Å². The van der Waals surface area contributed by atoms with Gasteiger partial charge in [0.25, 0.3) is 11.7 Å². The van der Waals surface area contributed by atoms with E-state index in [1.165, 1.54) is 6.07 Å². The summed E-state index contributed by atoms with van der Waals surface area (Å²) in [6.07, 6.45) is 0. The first-order chi connectivity index (χ1) is 7.00. The molecule has 0 radical (unpaired) electrons. The van der Waals surface area contributed by atoms with E-state index in [1.54, 1.807) is 6.07 Å². The highest BCUT2D eigenvalue weighted by Crippen LogP contribution is 2.34. The summed E-state index contributed by atoms with van der Waals surface area (Å²) in [4.78, 5) is 22.4. The van der Waals surface area contributed by atoms with E-state index < -0.39 is 11.7 Å². The van der Waals surface area contributed by atoms with Crippen LogP contribution in [0.15, 0.2) is 12.1 Å². The lowest BCUT2D eigenvalue weighted by Gasteiger charge is -2.09. The molecule has 0 unspecified atom stereocenters. The van der Waals surface area contributed by atoms with Crippen LogP contribution >= 0.6 is 0 Å². The molecule has 1 heterocycles. The van der Waals surface area contributed by atoms with Crippen LogP contribution in [0.1, 0.15) is 35.7 Å². The number of rotatable bonds is 1. The Morgan fingerprint density at radius 1 is 1.27 bits per heavy atom. The van der Waals surface area contributed by atoms with Crippen molar-refractivity contribution in [2.24, 2.45) is 0 Å². The summed E-state index contributed by atoms with van der Waals surface area (Å²) in [5, 5.41) is 12.1. The normalized spacial score (nSPS) is 14.3. The predicted molar refractivity (Wildman–Crippen MR) is 55.2 cm³/mol. The number of hydrogen-bond donors (Lipinski definition) is 2. The Morgan fingerprint density at radius 3 is 2.53 bits per heavy atom. The number of benzene rings is 1. The van der Waals surface area contributed by atoms with E-state index in [4.69, 9.17) is 0 Å². The van der Waals surface area contributed by atoms with E-state index in [-0.39, 0.29) is 17.2 Å². The Hall–Kier alpha value is -1.84. The number of fused-ring (bicyclic) bond motifs is 1. The van der Waals surface area contributed by atoms with Crippen LogP contribution in [-0.2, 0) is 4.79 Å². The summed E-state index contributed by atoms with van der Waals surface area (Å²) in [5.74, 6) is -1.02. The standard InChI is InChI=1S/C11H11NO3/c1-5(2)6-3-8-7(4-9(6)13)10(14)11(15)12-8/h3-5,13H,1-2H3,(H,12,14,15). The van der Waals surface area contributed by atoms with Gasteiger partial charge in [0, 0.05) is 0 Å². The van der Waals surface area contributed by atoms with Crippen molar-refractivity contribution in [1.29, 1.82) is 0 Å². The number of anilines is 1. The molecule has 0 saturated heterocycles. The lowest BCUT2D eigenvalue weighted by molar-refractivity contribution is -0.112. The van der Waals surface area contributed by atoms with Gasteiger partial charge in [-0.2, -0.15) is 0 Å². The third-order valence-electron chi connectivity index (χ3n) is 2.49. The second-order valence-corrected chi connectivity index (χ2v) is 3.89. The first-order valence-corrected chi connectivity index (χ1v) is 4.73. The number of hydrogen-bond acceptors (Lipinski definition) is 3. The molecule has 2 N–H and O–H groups in total. The second kappa shape index (κ2) is 3.08. The van der Waals surface area contributed by atoms with Crippen LogP contribution in [0.2, 0.25) is 0 Å².